The van der Waals surface area contributed by atoms with E-state index in [-0.39, 0.29) is 38.6 Å². The van der Waals surface area contributed by atoms with Crippen LogP contribution in [0.25, 0.3) is 0 Å². The summed E-state index contributed by atoms with van der Waals surface area (Å²) >= 11 is 0. The van der Waals surface area contributed by atoms with Gasteiger partial charge in [0.05, 0.1) is 18.8 Å². The van der Waals surface area contributed by atoms with Crippen molar-refractivity contribution < 1.29 is 34.0 Å². The number of ether oxygens (including phenoxy) is 4. The van der Waals surface area contributed by atoms with Crippen molar-refractivity contribution in [2.75, 3.05) is 27.0 Å². The number of carbonyl (C=O) groups is 1. The van der Waals surface area contributed by atoms with E-state index >= 15 is 0 Å². The van der Waals surface area contributed by atoms with Crippen LogP contribution in [0.2, 0.25) is 0 Å². The number of esters is 1. The van der Waals surface area contributed by atoms with Crippen LogP contribution < -0.4 is 0 Å². The number of hydrogen-bond donors (Lipinski definition) is 2. The zero-order valence-corrected chi connectivity index (χ0v) is 20.0. The molecule has 7 heteroatoms. The molecule has 0 saturated carbocycles. The van der Waals surface area contributed by atoms with Crippen molar-refractivity contribution in [2.24, 2.45) is 0 Å². The molecule has 0 saturated heterocycles. The van der Waals surface area contributed by atoms with E-state index in [1.165, 1.54) is 25.7 Å². The maximum atomic E-state index is 11.5. The lowest BCUT2D eigenvalue weighted by molar-refractivity contribution is -0.178. The van der Waals surface area contributed by atoms with Gasteiger partial charge in [0, 0.05) is 6.42 Å². The molecule has 31 heavy (non-hydrogen) atoms. The molecule has 0 rings (SSSR count). The molecule has 0 aliphatic rings. The zero-order chi connectivity index (χ0) is 23.0. The Hall–Kier alpha value is -0.730. The van der Waals surface area contributed by atoms with Crippen LogP contribution in [0.1, 0.15) is 110 Å². The summed E-state index contributed by atoms with van der Waals surface area (Å²) in [6, 6.07) is 0. The third kappa shape index (κ3) is 19.7. The molecule has 0 heterocycles. The molecule has 186 valence electrons. The van der Waals surface area contributed by atoms with Crippen LogP contribution in [0.3, 0.4) is 0 Å². The fourth-order valence-electron chi connectivity index (χ4n) is 3.58. The Balaban J connectivity index is 4.20. The van der Waals surface area contributed by atoms with Gasteiger partial charge < -0.3 is 29.2 Å². The van der Waals surface area contributed by atoms with Crippen molar-refractivity contribution >= 4 is 5.97 Å². The number of hydrogen-bond acceptors (Lipinski definition) is 7. The lowest BCUT2D eigenvalue weighted by Gasteiger charge is -2.27. The average molecular weight is 449 g/mol. The van der Waals surface area contributed by atoms with Crippen LogP contribution in [0.15, 0.2) is 0 Å². The first-order valence-corrected chi connectivity index (χ1v) is 12.4. The fraction of sp³-hybridized carbons (Fsp3) is 0.958. The number of carbonyl (C=O) groups excluding carboxylic acids is 1. The zero-order valence-electron chi connectivity index (χ0n) is 20.0. The first kappa shape index (κ1) is 30.3. The van der Waals surface area contributed by atoms with E-state index in [1.54, 1.807) is 0 Å². The van der Waals surface area contributed by atoms with Crippen LogP contribution in [0, 0.1) is 0 Å². The van der Waals surface area contributed by atoms with Gasteiger partial charge in [0.15, 0.2) is 0 Å². The maximum Gasteiger partial charge on any atom is 0.305 e. The highest BCUT2D eigenvalue weighted by atomic mass is 16.7. The summed E-state index contributed by atoms with van der Waals surface area (Å²) in [4.78, 5) is 11.5. The van der Waals surface area contributed by atoms with Crippen LogP contribution in [-0.2, 0) is 23.7 Å². The van der Waals surface area contributed by atoms with Crippen LogP contribution in [0.4, 0.5) is 0 Å². The van der Waals surface area contributed by atoms with Crippen LogP contribution in [-0.4, -0.2) is 55.4 Å². The van der Waals surface area contributed by atoms with Crippen molar-refractivity contribution in [3.05, 3.63) is 0 Å². The average Bonchev–Trinajstić information content (AvgIpc) is 2.77. The van der Waals surface area contributed by atoms with E-state index in [1.807, 2.05) is 6.92 Å². The molecule has 0 aromatic carbocycles. The Bertz CT molecular complexity index is 379. The molecule has 0 aromatic heterocycles. The topological polar surface area (TPSA) is 94.5 Å². The van der Waals surface area contributed by atoms with E-state index in [0.717, 1.165) is 64.2 Å². The lowest BCUT2D eigenvalue weighted by Crippen LogP contribution is -2.33. The minimum absolute atomic E-state index is 0.0167. The predicted octanol–water partition coefficient (Wildman–Crippen LogP) is 5.07. The monoisotopic (exact) mass is 448 g/mol. The minimum atomic E-state index is -0.379. The molecule has 0 amide bonds. The lowest BCUT2D eigenvalue weighted by atomic mass is 9.99. The van der Waals surface area contributed by atoms with E-state index in [4.69, 9.17) is 24.1 Å². The summed E-state index contributed by atoms with van der Waals surface area (Å²) in [5.41, 5.74) is 0. The van der Waals surface area contributed by atoms with Crippen molar-refractivity contribution in [3.63, 3.8) is 0 Å². The second-order valence-corrected chi connectivity index (χ2v) is 8.07. The molecule has 0 aromatic rings. The first-order chi connectivity index (χ1) is 15.2. The second-order valence-electron chi connectivity index (χ2n) is 8.07. The highest BCUT2D eigenvalue weighted by molar-refractivity contribution is 5.69. The van der Waals surface area contributed by atoms with Crippen molar-refractivity contribution in [3.8, 4) is 0 Å². The summed E-state index contributed by atoms with van der Waals surface area (Å²) in [5, 5.41) is 18.2. The van der Waals surface area contributed by atoms with Gasteiger partial charge in [0.2, 0.25) is 0 Å². The Labute approximate surface area is 189 Å². The molecule has 0 aliphatic carbocycles. The van der Waals surface area contributed by atoms with Gasteiger partial charge in [-0.3, -0.25) is 4.79 Å². The predicted molar refractivity (Wildman–Crippen MR) is 121 cm³/mol. The molecule has 0 fully saturated rings. The number of unbranched alkanes of at least 4 members (excludes halogenated alkanes) is 9. The molecule has 0 radical (unpaired) electrons. The molecule has 0 bridgehead atoms. The summed E-state index contributed by atoms with van der Waals surface area (Å²) in [7, 11) is 0. The summed E-state index contributed by atoms with van der Waals surface area (Å²) in [6.45, 7) is 4.03. The second kappa shape index (κ2) is 23.9. The number of aliphatic hydroxyl groups is 2. The minimum Gasteiger partial charge on any atom is -0.466 e. The van der Waals surface area contributed by atoms with Crippen molar-refractivity contribution in [2.45, 2.75) is 122 Å². The first-order valence-electron chi connectivity index (χ1n) is 12.4. The SMILES string of the molecule is CCCCCCCCC(OCO)C(CCCCCCCC(=O)OCCC)OCOCO. The quantitative estimate of drug-likeness (QED) is 0.121. The largest absolute Gasteiger partial charge is 0.466 e. The Morgan fingerprint density at radius 3 is 1.87 bits per heavy atom. The fourth-order valence-corrected chi connectivity index (χ4v) is 3.58. The van der Waals surface area contributed by atoms with E-state index in [2.05, 4.69) is 6.92 Å². The Kier molecular flexibility index (Phi) is 23.4. The smallest absolute Gasteiger partial charge is 0.305 e. The van der Waals surface area contributed by atoms with Gasteiger partial charge in [-0.25, -0.2) is 0 Å². The molecule has 2 unspecified atom stereocenters. The molecule has 2 N–H and O–H groups in total. The summed E-state index contributed by atoms with van der Waals surface area (Å²) in [6.07, 6.45) is 14.8. The van der Waals surface area contributed by atoms with Crippen LogP contribution >= 0.6 is 0 Å². The molecule has 2 atom stereocenters. The molecular weight excluding hydrogens is 400 g/mol. The van der Waals surface area contributed by atoms with Gasteiger partial charge in [0.1, 0.15) is 20.4 Å². The van der Waals surface area contributed by atoms with Gasteiger partial charge in [-0.15, -0.1) is 0 Å². The van der Waals surface area contributed by atoms with E-state index in [9.17, 15) is 9.90 Å². The third-order valence-electron chi connectivity index (χ3n) is 5.34. The van der Waals surface area contributed by atoms with Gasteiger partial charge in [-0.1, -0.05) is 78.1 Å². The van der Waals surface area contributed by atoms with Gasteiger partial charge >= 0.3 is 5.97 Å². The van der Waals surface area contributed by atoms with E-state index < -0.39 is 0 Å². The van der Waals surface area contributed by atoms with Gasteiger partial charge in [-0.2, -0.15) is 0 Å². The highest BCUT2D eigenvalue weighted by Crippen LogP contribution is 2.20. The maximum absolute atomic E-state index is 11.5. The van der Waals surface area contributed by atoms with Gasteiger partial charge in [-0.05, 0) is 25.7 Å². The van der Waals surface area contributed by atoms with Crippen molar-refractivity contribution in [1.29, 1.82) is 0 Å². The standard InChI is InChI=1S/C24H48O7/c1-3-5-6-7-9-12-15-22(30-20-26)23(31-21-28-19-25)16-13-10-8-11-14-17-24(27)29-18-4-2/h22-23,25-26H,3-21H2,1-2H3. The number of rotatable bonds is 24. The molecule has 0 spiro atoms. The third-order valence-corrected chi connectivity index (χ3v) is 5.34. The highest BCUT2D eigenvalue weighted by Gasteiger charge is 2.22. The van der Waals surface area contributed by atoms with Crippen molar-refractivity contribution in [1.82, 2.24) is 0 Å². The van der Waals surface area contributed by atoms with E-state index in [0.29, 0.717) is 13.0 Å². The molecular formula is C24H48O7. The number of aliphatic hydroxyl groups excluding tert-OH is 2. The molecule has 7 nitrogen and oxygen atoms in total. The Morgan fingerprint density at radius 1 is 0.710 bits per heavy atom. The molecule has 0 aliphatic heterocycles. The van der Waals surface area contributed by atoms with Gasteiger partial charge in [0.25, 0.3) is 0 Å². The normalized spacial score (nSPS) is 13.3. The Morgan fingerprint density at radius 2 is 1.29 bits per heavy atom. The van der Waals surface area contributed by atoms with Crippen LogP contribution in [0.5, 0.6) is 0 Å². The summed E-state index contributed by atoms with van der Waals surface area (Å²) < 4.78 is 21.4. The summed E-state index contributed by atoms with van der Waals surface area (Å²) in [5.74, 6) is -0.0992.